The molecule has 0 spiro atoms. The Morgan fingerprint density at radius 1 is 1.23 bits per heavy atom. The van der Waals surface area contributed by atoms with Gasteiger partial charge in [0.1, 0.15) is 0 Å². The van der Waals surface area contributed by atoms with Crippen molar-refractivity contribution in [2.75, 3.05) is 37.0 Å². The Labute approximate surface area is 183 Å². The first-order chi connectivity index (χ1) is 14.6. The van der Waals surface area contributed by atoms with Gasteiger partial charge in [0.2, 0.25) is 11.9 Å². The molecule has 164 valence electrons. The Balaban J connectivity index is 1.72. The number of nitrogens with one attached hydrogen (secondary N) is 1. The molecule has 8 heteroatoms. The maximum absolute atomic E-state index is 12.5. The van der Waals surface area contributed by atoms with E-state index in [0.29, 0.717) is 19.0 Å². The number of morpholine rings is 1. The van der Waals surface area contributed by atoms with Gasteiger partial charge in [-0.05, 0) is 31.9 Å². The van der Waals surface area contributed by atoms with Crippen LogP contribution in [-0.2, 0) is 9.53 Å². The summed E-state index contributed by atoms with van der Waals surface area (Å²) in [6, 6.07) is 8.39. The lowest BCUT2D eigenvalue weighted by atomic mass is 10.1. The molecule has 0 saturated carbocycles. The SMILES string of the molecule is CCCCCC(C)NC(=O)CSc1nnc(N2CCOCC2)n1-c1ccccc1C. The summed E-state index contributed by atoms with van der Waals surface area (Å²) >= 11 is 1.43. The lowest BCUT2D eigenvalue weighted by Crippen LogP contribution is -2.38. The molecule has 0 radical (unpaired) electrons. The van der Waals surface area contributed by atoms with Crippen molar-refractivity contribution >= 4 is 23.6 Å². The van der Waals surface area contributed by atoms with Gasteiger partial charge in [0.15, 0.2) is 5.16 Å². The van der Waals surface area contributed by atoms with Gasteiger partial charge in [0, 0.05) is 19.1 Å². The molecule has 1 aliphatic rings. The third-order valence-electron chi connectivity index (χ3n) is 5.25. The van der Waals surface area contributed by atoms with Crippen molar-refractivity contribution in [2.24, 2.45) is 0 Å². The van der Waals surface area contributed by atoms with Gasteiger partial charge in [-0.1, -0.05) is 56.1 Å². The number of aromatic nitrogens is 3. The predicted octanol–water partition coefficient (Wildman–Crippen LogP) is 3.59. The maximum atomic E-state index is 12.5. The van der Waals surface area contributed by atoms with Crippen molar-refractivity contribution in [1.82, 2.24) is 20.1 Å². The number of hydrogen-bond donors (Lipinski definition) is 1. The predicted molar refractivity (Wildman–Crippen MR) is 122 cm³/mol. The van der Waals surface area contributed by atoms with Crippen LogP contribution in [0.4, 0.5) is 5.95 Å². The summed E-state index contributed by atoms with van der Waals surface area (Å²) in [7, 11) is 0. The number of thioether (sulfide) groups is 1. The van der Waals surface area contributed by atoms with Crippen molar-refractivity contribution in [1.29, 1.82) is 0 Å². The molecule has 1 atom stereocenters. The van der Waals surface area contributed by atoms with E-state index in [1.807, 2.05) is 12.1 Å². The van der Waals surface area contributed by atoms with Crippen LogP contribution in [0.3, 0.4) is 0 Å². The number of aryl methyl sites for hydroxylation is 1. The highest BCUT2D eigenvalue weighted by atomic mass is 32.2. The molecular weight excluding hydrogens is 398 g/mol. The minimum Gasteiger partial charge on any atom is -0.378 e. The van der Waals surface area contributed by atoms with E-state index in [0.717, 1.165) is 48.3 Å². The lowest BCUT2D eigenvalue weighted by molar-refractivity contribution is -0.119. The van der Waals surface area contributed by atoms with Crippen LogP contribution in [0, 0.1) is 6.92 Å². The van der Waals surface area contributed by atoms with Crippen molar-refractivity contribution in [2.45, 2.75) is 57.7 Å². The summed E-state index contributed by atoms with van der Waals surface area (Å²) in [6.45, 7) is 9.27. The van der Waals surface area contributed by atoms with E-state index >= 15 is 0 Å². The summed E-state index contributed by atoms with van der Waals surface area (Å²) in [5.41, 5.74) is 2.18. The first-order valence-corrected chi connectivity index (χ1v) is 11.8. The third-order valence-corrected chi connectivity index (χ3v) is 6.18. The normalized spacial score (nSPS) is 15.2. The molecule has 1 aliphatic heterocycles. The van der Waals surface area contributed by atoms with E-state index in [2.05, 4.69) is 57.9 Å². The van der Waals surface area contributed by atoms with Crippen LogP contribution in [0.15, 0.2) is 29.4 Å². The molecule has 1 aromatic heterocycles. The van der Waals surface area contributed by atoms with Gasteiger partial charge < -0.3 is 15.0 Å². The van der Waals surface area contributed by atoms with Crippen LogP contribution in [0.5, 0.6) is 0 Å². The van der Waals surface area contributed by atoms with Crippen molar-refractivity contribution in [3.8, 4) is 5.69 Å². The zero-order chi connectivity index (χ0) is 21.3. The molecule has 30 heavy (non-hydrogen) atoms. The van der Waals surface area contributed by atoms with Crippen LogP contribution >= 0.6 is 11.8 Å². The van der Waals surface area contributed by atoms with E-state index in [9.17, 15) is 4.79 Å². The molecule has 0 bridgehead atoms. The van der Waals surface area contributed by atoms with Crippen LogP contribution in [0.1, 0.15) is 45.1 Å². The third kappa shape index (κ3) is 5.98. The molecule has 1 N–H and O–H groups in total. The molecule has 1 unspecified atom stereocenters. The number of carbonyl (C=O) groups excluding carboxylic acids is 1. The van der Waals surface area contributed by atoms with Gasteiger partial charge in [-0.2, -0.15) is 0 Å². The standard InChI is InChI=1S/C22H33N5O2S/c1-4-5-6-10-18(3)23-20(28)16-30-22-25-24-21(26-12-14-29-15-13-26)27(22)19-11-8-7-9-17(19)2/h7-9,11,18H,4-6,10,12-16H2,1-3H3,(H,23,28). The number of rotatable bonds is 10. The van der Waals surface area contributed by atoms with E-state index in [4.69, 9.17) is 4.74 Å². The fourth-order valence-electron chi connectivity index (χ4n) is 3.57. The fraction of sp³-hybridized carbons (Fsp3) is 0.591. The van der Waals surface area contributed by atoms with Crippen LogP contribution in [-0.4, -0.2) is 58.8 Å². The largest absolute Gasteiger partial charge is 0.378 e. The van der Waals surface area contributed by atoms with Gasteiger partial charge in [0.25, 0.3) is 0 Å². The number of amides is 1. The first kappa shape index (κ1) is 22.6. The molecule has 7 nitrogen and oxygen atoms in total. The van der Waals surface area contributed by atoms with Gasteiger partial charge in [-0.3, -0.25) is 9.36 Å². The molecule has 1 amide bonds. The number of nitrogens with zero attached hydrogens (tertiary/aromatic N) is 4. The zero-order valence-electron chi connectivity index (χ0n) is 18.3. The van der Waals surface area contributed by atoms with Crippen LogP contribution in [0.25, 0.3) is 5.69 Å². The monoisotopic (exact) mass is 431 g/mol. The second kappa shape index (κ2) is 11.4. The van der Waals surface area contributed by atoms with Crippen LogP contribution in [0.2, 0.25) is 0 Å². The minimum atomic E-state index is 0.0382. The Morgan fingerprint density at radius 3 is 2.73 bits per heavy atom. The Kier molecular flexibility index (Phi) is 8.57. The highest BCUT2D eigenvalue weighted by Gasteiger charge is 2.23. The number of unbranched alkanes of at least 4 members (excludes halogenated alkanes) is 2. The molecule has 2 heterocycles. The molecule has 1 saturated heterocycles. The van der Waals surface area contributed by atoms with E-state index in [1.165, 1.54) is 24.6 Å². The number of carbonyl (C=O) groups is 1. The maximum Gasteiger partial charge on any atom is 0.232 e. The number of anilines is 1. The number of benzene rings is 1. The topological polar surface area (TPSA) is 72.3 Å². The molecule has 0 aliphatic carbocycles. The highest BCUT2D eigenvalue weighted by molar-refractivity contribution is 7.99. The quantitative estimate of drug-likeness (QED) is 0.458. The summed E-state index contributed by atoms with van der Waals surface area (Å²) < 4.78 is 7.56. The van der Waals surface area contributed by atoms with Gasteiger partial charge in [0.05, 0.1) is 24.7 Å². The summed E-state index contributed by atoms with van der Waals surface area (Å²) in [6.07, 6.45) is 4.57. The molecule has 3 rings (SSSR count). The van der Waals surface area contributed by atoms with Crippen molar-refractivity contribution < 1.29 is 9.53 Å². The van der Waals surface area contributed by atoms with Crippen molar-refractivity contribution in [3.05, 3.63) is 29.8 Å². The Bertz CT molecular complexity index is 820. The van der Waals surface area contributed by atoms with Gasteiger partial charge in [-0.15, -0.1) is 10.2 Å². The van der Waals surface area contributed by atoms with Crippen molar-refractivity contribution in [3.63, 3.8) is 0 Å². The molecule has 1 aromatic carbocycles. The number of para-hydroxylation sites is 1. The fourth-order valence-corrected chi connectivity index (χ4v) is 4.32. The average Bonchev–Trinajstić information content (AvgIpc) is 3.17. The zero-order valence-corrected chi connectivity index (χ0v) is 19.1. The Morgan fingerprint density at radius 2 is 2.00 bits per heavy atom. The summed E-state index contributed by atoms with van der Waals surface area (Å²) in [4.78, 5) is 14.7. The van der Waals surface area contributed by atoms with Gasteiger partial charge >= 0.3 is 0 Å². The number of ether oxygens (including phenoxy) is 1. The second-order valence-electron chi connectivity index (χ2n) is 7.76. The van der Waals surface area contributed by atoms with Crippen LogP contribution < -0.4 is 10.2 Å². The van der Waals surface area contributed by atoms with E-state index < -0.39 is 0 Å². The van der Waals surface area contributed by atoms with E-state index in [1.54, 1.807) is 0 Å². The Hall–Kier alpha value is -2.06. The average molecular weight is 432 g/mol. The molecule has 2 aromatic rings. The molecule has 1 fully saturated rings. The second-order valence-corrected chi connectivity index (χ2v) is 8.70. The highest BCUT2D eigenvalue weighted by Crippen LogP contribution is 2.28. The summed E-state index contributed by atoms with van der Waals surface area (Å²) in [5, 5.41) is 12.8. The smallest absolute Gasteiger partial charge is 0.232 e. The van der Waals surface area contributed by atoms with Gasteiger partial charge in [-0.25, -0.2) is 0 Å². The first-order valence-electron chi connectivity index (χ1n) is 10.9. The minimum absolute atomic E-state index is 0.0382. The number of hydrogen-bond acceptors (Lipinski definition) is 6. The molecular formula is C22H33N5O2S. The van der Waals surface area contributed by atoms with E-state index in [-0.39, 0.29) is 11.9 Å². The lowest BCUT2D eigenvalue weighted by Gasteiger charge is -2.28. The summed E-state index contributed by atoms with van der Waals surface area (Å²) in [5.74, 6) is 1.17.